The van der Waals surface area contributed by atoms with Gasteiger partial charge in [-0.2, -0.15) is 13.2 Å². The third-order valence-electron chi connectivity index (χ3n) is 6.44. The Morgan fingerprint density at radius 1 is 0.933 bits per heavy atom. The number of benzene rings is 2. The second kappa shape index (κ2) is 9.95. The summed E-state index contributed by atoms with van der Waals surface area (Å²) in [6, 6.07) is 9.72. The van der Waals surface area contributed by atoms with Crippen molar-refractivity contribution in [1.82, 2.24) is 0 Å². The zero-order valence-corrected chi connectivity index (χ0v) is 17.4. The molecule has 0 bridgehead atoms. The fourth-order valence-electron chi connectivity index (χ4n) is 4.68. The van der Waals surface area contributed by atoms with E-state index in [-0.39, 0.29) is 5.56 Å². The van der Waals surface area contributed by atoms with Gasteiger partial charge in [0.1, 0.15) is 5.82 Å². The molecule has 0 saturated heterocycles. The lowest BCUT2D eigenvalue weighted by molar-refractivity contribution is -0.141. The van der Waals surface area contributed by atoms with E-state index >= 15 is 0 Å². The van der Waals surface area contributed by atoms with E-state index < -0.39 is 29.7 Å². The maximum absolute atomic E-state index is 14.7. The van der Waals surface area contributed by atoms with Crippen molar-refractivity contribution in [2.24, 2.45) is 5.92 Å². The molecule has 2 aromatic carbocycles. The first-order valence-corrected chi connectivity index (χ1v) is 10.9. The van der Waals surface area contributed by atoms with E-state index in [0.29, 0.717) is 11.5 Å². The van der Waals surface area contributed by atoms with Crippen LogP contribution in [0.1, 0.15) is 80.9 Å². The third-order valence-corrected chi connectivity index (χ3v) is 6.44. The van der Waals surface area contributed by atoms with Crippen molar-refractivity contribution in [2.45, 2.75) is 77.0 Å². The predicted molar refractivity (Wildman–Crippen MR) is 112 cm³/mol. The Kier molecular flexibility index (Phi) is 7.56. The van der Waals surface area contributed by atoms with Crippen LogP contribution in [0.4, 0.5) is 17.6 Å². The number of rotatable bonds is 7. The summed E-state index contributed by atoms with van der Waals surface area (Å²) in [6.07, 6.45) is 5.02. The van der Waals surface area contributed by atoms with Crippen molar-refractivity contribution >= 4 is 0 Å². The molecule has 0 radical (unpaired) electrons. The van der Waals surface area contributed by atoms with Crippen LogP contribution in [0.15, 0.2) is 36.4 Å². The highest BCUT2D eigenvalue weighted by Crippen LogP contribution is 2.40. The standard InChI is InChI=1S/C25H30F4O/c1-2-3-4-5-17-6-8-18(9-7-17)19-10-12-20(13-11-19)22-15-14-21(16-30)23(24(22)26)25(27,28)29/h10-15,17-18,30H,2-9,16H2,1H3. The van der Waals surface area contributed by atoms with Crippen molar-refractivity contribution in [3.63, 3.8) is 0 Å². The normalized spacial score (nSPS) is 19.8. The van der Waals surface area contributed by atoms with E-state index in [9.17, 15) is 17.6 Å². The number of unbranched alkanes of at least 4 members (excludes halogenated alkanes) is 2. The van der Waals surface area contributed by atoms with Crippen molar-refractivity contribution in [3.05, 3.63) is 58.9 Å². The summed E-state index contributed by atoms with van der Waals surface area (Å²) >= 11 is 0. The van der Waals surface area contributed by atoms with Gasteiger partial charge in [0, 0.05) is 5.56 Å². The summed E-state index contributed by atoms with van der Waals surface area (Å²) in [6.45, 7) is 1.36. The first-order valence-electron chi connectivity index (χ1n) is 10.9. The maximum Gasteiger partial charge on any atom is 0.419 e. The fourth-order valence-corrected chi connectivity index (χ4v) is 4.68. The molecule has 1 aliphatic rings. The van der Waals surface area contributed by atoms with E-state index in [4.69, 9.17) is 5.11 Å². The molecule has 0 unspecified atom stereocenters. The number of alkyl halides is 3. The van der Waals surface area contributed by atoms with Gasteiger partial charge in [0.05, 0.1) is 12.2 Å². The molecular formula is C25H30F4O. The minimum atomic E-state index is -4.85. The molecule has 1 nitrogen and oxygen atoms in total. The average molecular weight is 423 g/mol. The molecule has 2 aromatic rings. The van der Waals surface area contributed by atoms with Gasteiger partial charge in [0.2, 0.25) is 0 Å². The molecule has 5 heteroatoms. The first kappa shape index (κ1) is 22.8. The van der Waals surface area contributed by atoms with Gasteiger partial charge in [-0.15, -0.1) is 0 Å². The van der Waals surface area contributed by atoms with Crippen LogP contribution in [-0.4, -0.2) is 5.11 Å². The van der Waals surface area contributed by atoms with E-state index in [1.807, 2.05) is 12.1 Å². The third kappa shape index (κ3) is 5.23. The molecule has 1 saturated carbocycles. The Morgan fingerprint density at radius 3 is 2.17 bits per heavy atom. The van der Waals surface area contributed by atoms with E-state index in [0.717, 1.165) is 24.8 Å². The van der Waals surface area contributed by atoms with Crippen LogP contribution in [0.2, 0.25) is 0 Å². The molecule has 0 amide bonds. The predicted octanol–water partition coefficient (Wildman–Crippen LogP) is 7.86. The lowest BCUT2D eigenvalue weighted by atomic mass is 9.77. The van der Waals surface area contributed by atoms with Crippen LogP contribution in [0.25, 0.3) is 11.1 Å². The molecule has 0 atom stereocenters. The monoisotopic (exact) mass is 422 g/mol. The Labute approximate surface area is 176 Å². The zero-order valence-electron chi connectivity index (χ0n) is 17.4. The first-order chi connectivity index (χ1) is 14.3. The summed E-state index contributed by atoms with van der Waals surface area (Å²) in [5.41, 5.74) is -0.330. The summed E-state index contributed by atoms with van der Waals surface area (Å²) < 4.78 is 54.5. The second-order valence-corrected chi connectivity index (χ2v) is 8.45. The minimum Gasteiger partial charge on any atom is -0.392 e. The summed E-state index contributed by atoms with van der Waals surface area (Å²) in [4.78, 5) is 0. The van der Waals surface area contributed by atoms with Gasteiger partial charge in [-0.1, -0.05) is 69.0 Å². The smallest absolute Gasteiger partial charge is 0.392 e. The highest BCUT2D eigenvalue weighted by atomic mass is 19.4. The minimum absolute atomic E-state index is 0.0919. The molecule has 0 heterocycles. The van der Waals surface area contributed by atoms with E-state index in [1.165, 1.54) is 50.2 Å². The number of halogens is 4. The summed E-state index contributed by atoms with van der Waals surface area (Å²) in [7, 11) is 0. The Hall–Kier alpha value is -1.88. The molecular weight excluding hydrogens is 392 g/mol. The van der Waals surface area contributed by atoms with Crippen LogP contribution in [-0.2, 0) is 12.8 Å². The van der Waals surface area contributed by atoms with Gasteiger partial charge in [0.15, 0.2) is 0 Å². The SMILES string of the molecule is CCCCCC1CCC(c2ccc(-c3ccc(CO)c(C(F)(F)F)c3F)cc2)CC1. The van der Waals surface area contributed by atoms with Gasteiger partial charge in [0.25, 0.3) is 0 Å². The quantitative estimate of drug-likeness (QED) is 0.356. The van der Waals surface area contributed by atoms with E-state index in [2.05, 4.69) is 6.92 Å². The fraction of sp³-hybridized carbons (Fsp3) is 0.520. The number of aliphatic hydroxyl groups excluding tert-OH is 1. The largest absolute Gasteiger partial charge is 0.419 e. The van der Waals surface area contributed by atoms with Crippen LogP contribution in [0, 0.1) is 11.7 Å². The Morgan fingerprint density at radius 2 is 1.60 bits per heavy atom. The highest BCUT2D eigenvalue weighted by Gasteiger charge is 2.37. The van der Waals surface area contributed by atoms with Crippen LogP contribution in [0.5, 0.6) is 0 Å². The molecule has 3 rings (SSSR count). The van der Waals surface area contributed by atoms with Crippen LogP contribution in [0.3, 0.4) is 0 Å². The van der Waals surface area contributed by atoms with Crippen molar-refractivity contribution < 1.29 is 22.7 Å². The molecule has 0 aliphatic heterocycles. The summed E-state index contributed by atoms with van der Waals surface area (Å²) in [5.74, 6) is -0.0461. The summed E-state index contributed by atoms with van der Waals surface area (Å²) in [5, 5.41) is 9.16. The average Bonchev–Trinajstić information content (AvgIpc) is 2.73. The van der Waals surface area contributed by atoms with E-state index in [1.54, 1.807) is 12.1 Å². The lowest BCUT2D eigenvalue weighted by Crippen LogP contribution is -2.14. The lowest BCUT2D eigenvalue weighted by Gasteiger charge is -2.29. The van der Waals surface area contributed by atoms with Crippen molar-refractivity contribution in [3.8, 4) is 11.1 Å². The molecule has 30 heavy (non-hydrogen) atoms. The van der Waals surface area contributed by atoms with Gasteiger partial charge >= 0.3 is 6.18 Å². The maximum atomic E-state index is 14.7. The molecule has 1 aliphatic carbocycles. The Bertz CT molecular complexity index is 818. The van der Waals surface area contributed by atoms with Crippen LogP contribution >= 0.6 is 0 Å². The molecule has 0 aromatic heterocycles. The number of aliphatic hydroxyl groups is 1. The number of hydrogen-bond acceptors (Lipinski definition) is 1. The van der Waals surface area contributed by atoms with Gasteiger partial charge in [-0.05, 0) is 54.2 Å². The van der Waals surface area contributed by atoms with Crippen molar-refractivity contribution in [1.29, 1.82) is 0 Å². The topological polar surface area (TPSA) is 20.2 Å². The molecule has 0 spiro atoms. The van der Waals surface area contributed by atoms with Crippen molar-refractivity contribution in [2.75, 3.05) is 0 Å². The molecule has 1 fully saturated rings. The molecule has 164 valence electrons. The van der Waals surface area contributed by atoms with Crippen LogP contribution < -0.4 is 0 Å². The second-order valence-electron chi connectivity index (χ2n) is 8.45. The number of hydrogen-bond donors (Lipinski definition) is 1. The zero-order chi connectivity index (χ0) is 21.7. The Balaban J connectivity index is 1.73. The van der Waals surface area contributed by atoms with Gasteiger partial charge < -0.3 is 5.11 Å². The molecule has 1 N–H and O–H groups in total. The highest BCUT2D eigenvalue weighted by molar-refractivity contribution is 5.66. The van der Waals surface area contributed by atoms with Gasteiger partial charge in [-0.25, -0.2) is 4.39 Å². The van der Waals surface area contributed by atoms with Gasteiger partial charge in [-0.3, -0.25) is 0 Å².